The van der Waals surface area contributed by atoms with Crippen molar-refractivity contribution in [2.45, 2.75) is 47.5 Å². The van der Waals surface area contributed by atoms with Crippen LogP contribution in [0, 0.1) is 25.2 Å². The molecule has 2 aromatic heterocycles. The molecule has 6 N–H and O–H groups in total. The molecule has 1 unspecified atom stereocenters. The molecule has 0 saturated heterocycles. The maximum absolute atomic E-state index is 12.1. The molecule has 12 nitrogen and oxygen atoms in total. The van der Waals surface area contributed by atoms with Crippen molar-refractivity contribution < 1.29 is 9.59 Å². The van der Waals surface area contributed by atoms with Gasteiger partial charge in [0.2, 0.25) is 11.9 Å². The minimum Gasteiger partial charge on any atom is -0.338 e. The van der Waals surface area contributed by atoms with Crippen LogP contribution < -0.4 is 32.4 Å². The summed E-state index contributed by atoms with van der Waals surface area (Å²) < 4.78 is 0. The minimum absolute atomic E-state index is 0.0953. The van der Waals surface area contributed by atoms with Crippen LogP contribution in [0.5, 0.6) is 0 Å². The van der Waals surface area contributed by atoms with Crippen LogP contribution in [0.25, 0.3) is 0 Å². The maximum Gasteiger partial charge on any atom is 0.321 e. The molecule has 2 heterocycles. The average molecular weight is 461 g/mol. The zero-order chi connectivity index (χ0) is 24.6. The van der Waals surface area contributed by atoms with E-state index >= 15 is 0 Å². The number of rotatable bonds is 9. The van der Waals surface area contributed by atoms with Crippen LogP contribution in [0.4, 0.5) is 21.5 Å². The molecule has 0 saturated carbocycles. The fourth-order valence-corrected chi connectivity index (χ4v) is 3.45. The largest absolute Gasteiger partial charge is 0.338 e. The number of nitrogens with zero attached hydrogens (tertiary/aromatic N) is 2. The number of aryl methyl sites for hydroxylation is 2. The number of hydrogen-bond acceptors (Lipinski definition) is 6. The third kappa shape index (κ3) is 9.54. The van der Waals surface area contributed by atoms with Crippen LogP contribution in [0.1, 0.15) is 45.0 Å². The maximum atomic E-state index is 12.1. The molecule has 33 heavy (non-hydrogen) atoms. The van der Waals surface area contributed by atoms with Gasteiger partial charge in [0.25, 0.3) is 11.1 Å². The summed E-state index contributed by atoms with van der Waals surface area (Å²) in [6, 6.07) is 1.78. The smallest absolute Gasteiger partial charge is 0.321 e. The molecule has 0 aliphatic rings. The Morgan fingerprint density at radius 2 is 1.42 bits per heavy atom. The molecule has 12 heteroatoms. The summed E-state index contributed by atoms with van der Waals surface area (Å²) in [6.07, 6.45) is 1.54. The highest BCUT2D eigenvalue weighted by molar-refractivity contribution is 5.87. The number of H-pyrrole nitrogens is 2. The number of amides is 4. The van der Waals surface area contributed by atoms with Gasteiger partial charge in [0.05, 0.1) is 0 Å². The molecule has 0 bridgehead atoms. The van der Waals surface area contributed by atoms with Crippen LogP contribution in [0.15, 0.2) is 21.7 Å². The first kappa shape index (κ1) is 25.6. The number of aromatic nitrogens is 4. The second-order valence-corrected chi connectivity index (χ2v) is 8.95. The lowest BCUT2D eigenvalue weighted by molar-refractivity contribution is 0.231. The first-order valence-corrected chi connectivity index (χ1v) is 10.7. The predicted octanol–water partition coefficient (Wildman–Crippen LogP) is 1.86. The number of hydrogen-bond donors (Lipinski definition) is 6. The molecular formula is C21H32N8O4. The number of anilines is 2. The summed E-state index contributed by atoms with van der Waals surface area (Å²) in [7, 11) is 0. The quantitative estimate of drug-likeness (QED) is 0.333. The van der Waals surface area contributed by atoms with E-state index in [-0.39, 0.29) is 23.2 Å². The molecule has 0 spiro atoms. The lowest BCUT2D eigenvalue weighted by Crippen LogP contribution is -2.38. The van der Waals surface area contributed by atoms with Gasteiger partial charge in [-0.3, -0.25) is 20.2 Å². The van der Waals surface area contributed by atoms with Crippen LogP contribution >= 0.6 is 0 Å². The zero-order valence-electron chi connectivity index (χ0n) is 19.6. The molecule has 2 rings (SSSR count). The van der Waals surface area contributed by atoms with Crippen molar-refractivity contribution in [1.82, 2.24) is 30.6 Å². The Hall–Kier alpha value is -3.70. The Kier molecular flexibility index (Phi) is 8.71. The van der Waals surface area contributed by atoms with Crippen molar-refractivity contribution in [2.24, 2.45) is 11.3 Å². The van der Waals surface area contributed by atoms with E-state index in [9.17, 15) is 19.2 Å². The average Bonchev–Trinajstić information content (AvgIpc) is 2.64. The van der Waals surface area contributed by atoms with Gasteiger partial charge < -0.3 is 20.6 Å². The molecule has 4 amide bonds. The third-order valence-corrected chi connectivity index (χ3v) is 4.77. The molecule has 0 fully saturated rings. The Morgan fingerprint density at radius 1 is 0.939 bits per heavy atom. The molecule has 0 radical (unpaired) electrons. The number of nitrogens with one attached hydrogen (secondary N) is 6. The topological polar surface area (TPSA) is 174 Å². The molecule has 0 aromatic carbocycles. The van der Waals surface area contributed by atoms with Gasteiger partial charge in [-0.15, -0.1) is 0 Å². The summed E-state index contributed by atoms with van der Waals surface area (Å²) in [4.78, 5) is 60.0. The first-order valence-electron chi connectivity index (χ1n) is 10.7. The number of carbonyl (C=O) groups is 2. The second kappa shape index (κ2) is 11.2. The van der Waals surface area contributed by atoms with Crippen LogP contribution in [-0.2, 0) is 0 Å². The Bertz CT molecular complexity index is 1090. The van der Waals surface area contributed by atoms with Crippen molar-refractivity contribution in [1.29, 1.82) is 0 Å². The summed E-state index contributed by atoms with van der Waals surface area (Å²) >= 11 is 0. The summed E-state index contributed by atoms with van der Waals surface area (Å²) in [5, 5.41) is 10.6. The van der Waals surface area contributed by atoms with Gasteiger partial charge in [-0.05, 0) is 38.0 Å². The fourth-order valence-electron chi connectivity index (χ4n) is 3.45. The van der Waals surface area contributed by atoms with Gasteiger partial charge in [0.15, 0.2) is 0 Å². The second-order valence-electron chi connectivity index (χ2n) is 8.95. The van der Waals surface area contributed by atoms with E-state index in [0.29, 0.717) is 24.5 Å². The van der Waals surface area contributed by atoms with Gasteiger partial charge in [-0.25, -0.2) is 9.59 Å². The standard InChI is InChI=1S/C21H32N8O4/c1-12(6-7-22-19(32)28-17-24-13(2)8-15(30)26-17)10-21(4,5)11-23-20(33)29-18-25-14(3)9-16(31)27-18/h8-9,12H,6-7,10-11H2,1-5H3,(H3,22,24,26,28,30,32)(H3,23,25,27,29,31,33). The SMILES string of the molecule is Cc1cc(=O)nc(NC(=O)NCCC(C)CC(C)(C)CNC(=O)Nc2nc(=O)cc(C)[nH]2)[nH]1. The highest BCUT2D eigenvalue weighted by atomic mass is 16.2. The lowest BCUT2D eigenvalue weighted by Gasteiger charge is -2.28. The Morgan fingerprint density at radius 3 is 1.91 bits per heavy atom. The van der Waals surface area contributed by atoms with Gasteiger partial charge in [0, 0.05) is 36.6 Å². The zero-order valence-corrected chi connectivity index (χ0v) is 19.6. The molecule has 2 aromatic rings. The fraction of sp³-hybridized carbons (Fsp3) is 0.524. The van der Waals surface area contributed by atoms with E-state index in [4.69, 9.17) is 0 Å². The lowest BCUT2D eigenvalue weighted by atomic mass is 9.82. The molecule has 0 aliphatic heterocycles. The third-order valence-electron chi connectivity index (χ3n) is 4.77. The summed E-state index contributed by atoms with van der Waals surface area (Å²) in [6.45, 7) is 10.4. The van der Waals surface area contributed by atoms with E-state index in [0.717, 1.165) is 12.8 Å². The minimum atomic E-state index is -0.453. The highest BCUT2D eigenvalue weighted by Crippen LogP contribution is 2.26. The van der Waals surface area contributed by atoms with Gasteiger partial charge >= 0.3 is 12.1 Å². The van der Waals surface area contributed by atoms with Crippen LogP contribution in [-0.4, -0.2) is 45.1 Å². The summed E-state index contributed by atoms with van der Waals surface area (Å²) in [5.74, 6) is 0.468. The monoisotopic (exact) mass is 460 g/mol. The van der Waals surface area contributed by atoms with Crippen molar-refractivity contribution >= 4 is 24.0 Å². The molecular weight excluding hydrogens is 428 g/mol. The molecule has 180 valence electrons. The predicted molar refractivity (Wildman–Crippen MR) is 125 cm³/mol. The van der Waals surface area contributed by atoms with E-state index in [1.807, 2.05) is 13.8 Å². The number of aromatic amines is 2. The van der Waals surface area contributed by atoms with E-state index in [1.54, 1.807) is 13.8 Å². The van der Waals surface area contributed by atoms with Crippen molar-refractivity contribution in [2.75, 3.05) is 23.7 Å². The van der Waals surface area contributed by atoms with E-state index in [2.05, 4.69) is 48.1 Å². The van der Waals surface area contributed by atoms with Crippen LogP contribution in [0.2, 0.25) is 0 Å². The Labute approximate surface area is 191 Å². The number of urea groups is 2. The normalized spacial score (nSPS) is 12.0. The van der Waals surface area contributed by atoms with E-state index in [1.165, 1.54) is 12.1 Å². The van der Waals surface area contributed by atoms with Gasteiger partial charge in [-0.1, -0.05) is 20.8 Å². The molecule has 0 aliphatic carbocycles. The van der Waals surface area contributed by atoms with Crippen molar-refractivity contribution in [3.63, 3.8) is 0 Å². The van der Waals surface area contributed by atoms with Gasteiger partial charge in [-0.2, -0.15) is 9.97 Å². The van der Waals surface area contributed by atoms with Gasteiger partial charge in [0.1, 0.15) is 0 Å². The number of carbonyl (C=O) groups excluding carboxylic acids is 2. The summed E-state index contributed by atoms with van der Waals surface area (Å²) in [5.41, 5.74) is 0.152. The van der Waals surface area contributed by atoms with Crippen molar-refractivity contribution in [3.05, 3.63) is 44.2 Å². The molecule has 1 atom stereocenters. The van der Waals surface area contributed by atoms with E-state index < -0.39 is 23.2 Å². The van der Waals surface area contributed by atoms with Crippen LogP contribution in [0.3, 0.4) is 0 Å². The Balaban J connectivity index is 1.71. The highest BCUT2D eigenvalue weighted by Gasteiger charge is 2.22. The first-order chi connectivity index (χ1) is 15.4. The van der Waals surface area contributed by atoms with Crippen molar-refractivity contribution in [3.8, 4) is 0 Å².